The number of methoxy groups -OCH3 is 2. The van der Waals surface area contributed by atoms with Crippen LogP contribution >= 0.6 is 0 Å². The number of anilines is 1. The smallest absolute Gasteiger partial charge is 0.227 e. The summed E-state index contributed by atoms with van der Waals surface area (Å²) >= 11 is 0. The summed E-state index contributed by atoms with van der Waals surface area (Å²) < 4.78 is 10.7. The number of hydrogen-bond acceptors (Lipinski definition) is 5. The molecular weight excluding hydrogens is 420 g/mol. The lowest BCUT2D eigenvalue weighted by Gasteiger charge is -2.22. The minimum atomic E-state index is -0.455. The molecule has 2 aromatic carbocycles. The lowest BCUT2D eigenvalue weighted by atomic mass is 10.0. The van der Waals surface area contributed by atoms with E-state index >= 15 is 0 Å². The number of nitrogens with one attached hydrogen (secondary N) is 2. The van der Waals surface area contributed by atoms with Gasteiger partial charge in [-0.15, -0.1) is 0 Å². The normalized spacial score (nSPS) is 16.9. The van der Waals surface area contributed by atoms with Crippen molar-refractivity contribution in [2.24, 2.45) is 11.8 Å². The summed E-state index contributed by atoms with van der Waals surface area (Å²) in [6.45, 7) is 4.51. The van der Waals surface area contributed by atoms with Crippen LogP contribution in [0.5, 0.6) is 11.5 Å². The monoisotopic (exact) mass is 450 g/mol. The first-order chi connectivity index (χ1) is 15.9. The number of carbonyl (C=O) groups is 2. The summed E-state index contributed by atoms with van der Waals surface area (Å²) in [6.07, 6.45) is 0.887. The van der Waals surface area contributed by atoms with Gasteiger partial charge in [0, 0.05) is 19.0 Å². The number of carbonyl (C=O) groups excluding carboxylic acids is 2. The Bertz CT molecular complexity index is 1120. The molecule has 0 bridgehead atoms. The van der Waals surface area contributed by atoms with E-state index in [2.05, 4.69) is 29.1 Å². The SMILES string of the molecule is COc1ccc(N2CC(C(=O)NC(CC(C)C)c3nc4ccccc4[nH]3)CC2=O)c(OC)c1. The van der Waals surface area contributed by atoms with Crippen molar-refractivity contribution in [3.8, 4) is 11.5 Å². The quantitative estimate of drug-likeness (QED) is 0.544. The molecule has 0 aliphatic carbocycles. The molecular formula is C25H30N4O4. The molecule has 1 fully saturated rings. The maximum absolute atomic E-state index is 13.2. The number of imidazole rings is 1. The Labute approximate surface area is 193 Å². The van der Waals surface area contributed by atoms with Crippen LogP contribution in [0.15, 0.2) is 42.5 Å². The molecule has 0 spiro atoms. The predicted octanol–water partition coefficient (Wildman–Crippen LogP) is 3.84. The summed E-state index contributed by atoms with van der Waals surface area (Å²) in [5.41, 5.74) is 2.43. The third-order valence-corrected chi connectivity index (χ3v) is 5.93. The fourth-order valence-electron chi connectivity index (χ4n) is 4.26. The van der Waals surface area contributed by atoms with Gasteiger partial charge in [-0.05, 0) is 36.6 Å². The Morgan fingerprint density at radius 3 is 2.70 bits per heavy atom. The average Bonchev–Trinajstić information content (AvgIpc) is 3.41. The fourth-order valence-corrected chi connectivity index (χ4v) is 4.26. The summed E-state index contributed by atoms with van der Waals surface area (Å²) in [5, 5.41) is 3.14. The van der Waals surface area contributed by atoms with Gasteiger partial charge >= 0.3 is 0 Å². The number of H-pyrrole nitrogens is 1. The first-order valence-corrected chi connectivity index (χ1v) is 11.2. The molecule has 174 valence electrons. The number of rotatable bonds is 8. The highest BCUT2D eigenvalue weighted by Crippen LogP contribution is 2.36. The van der Waals surface area contributed by atoms with Crippen molar-refractivity contribution in [1.29, 1.82) is 0 Å². The van der Waals surface area contributed by atoms with Gasteiger partial charge in [0.05, 0.1) is 42.9 Å². The van der Waals surface area contributed by atoms with Crippen molar-refractivity contribution in [1.82, 2.24) is 15.3 Å². The van der Waals surface area contributed by atoms with E-state index in [1.165, 1.54) is 0 Å². The molecule has 1 saturated heterocycles. The molecule has 4 rings (SSSR count). The largest absolute Gasteiger partial charge is 0.497 e. The molecule has 0 saturated carbocycles. The van der Waals surface area contributed by atoms with E-state index in [9.17, 15) is 9.59 Å². The standard InChI is InChI=1S/C25H30N4O4/c1-15(2)11-20(24-26-18-7-5-6-8-19(18)27-24)28-25(31)16-12-23(30)29(14-16)21-10-9-17(32-3)13-22(21)33-4/h5-10,13,15-16,20H,11-12,14H2,1-4H3,(H,26,27)(H,28,31). The Hall–Kier alpha value is -3.55. The van der Waals surface area contributed by atoms with Crippen molar-refractivity contribution in [3.05, 3.63) is 48.3 Å². The number of aromatic nitrogens is 2. The summed E-state index contributed by atoms with van der Waals surface area (Å²) in [5.74, 6) is 1.54. The second-order valence-corrected chi connectivity index (χ2v) is 8.77. The molecule has 8 nitrogen and oxygen atoms in total. The third kappa shape index (κ3) is 4.79. The van der Waals surface area contributed by atoms with Gasteiger partial charge in [0.2, 0.25) is 11.8 Å². The van der Waals surface area contributed by atoms with Crippen LogP contribution in [0, 0.1) is 11.8 Å². The lowest BCUT2D eigenvalue weighted by Crippen LogP contribution is -2.36. The lowest BCUT2D eigenvalue weighted by molar-refractivity contribution is -0.127. The summed E-state index contributed by atoms with van der Waals surface area (Å²) in [7, 11) is 3.12. The molecule has 1 aliphatic heterocycles. The van der Waals surface area contributed by atoms with Crippen molar-refractivity contribution in [2.45, 2.75) is 32.7 Å². The van der Waals surface area contributed by atoms with Gasteiger partial charge in [-0.2, -0.15) is 0 Å². The molecule has 3 aromatic rings. The molecule has 2 atom stereocenters. The first-order valence-electron chi connectivity index (χ1n) is 11.2. The number of fused-ring (bicyclic) bond motifs is 1. The van der Waals surface area contributed by atoms with Crippen LogP contribution in [0.2, 0.25) is 0 Å². The number of nitrogens with zero attached hydrogens (tertiary/aromatic N) is 2. The Kier molecular flexibility index (Phi) is 6.53. The highest BCUT2D eigenvalue weighted by Gasteiger charge is 2.37. The zero-order chi connectivity index (χ0) is 23.5. The number of aromatic amines is 1. The van der Waals surface area contributed by atoms with Crippen molar-refractivity contribution < 1.29 is 19.1 Å². The van der Waals surface area contributed by atoms with E-state index in [-0.39, 0.29) is 24.3 Å². The molecule has 1 aromatic heterocycles. The molecule has 2 unspecified atom stereocenters. The van der Waals surface area contributed by atoms with Crippen molar-refractivity contribution >= 4 is 28.5 Å². The molecule has 33 heavy (non-hydrogen) atoms. The van der Waals surface area contributed by atoms with Crippen LogP contribution < -0.4 is 19.7 Å². The highest BCUT2D eigenvalue weighted by molar-refractivity contribution is 6.01. The molecule has 8 heteroatoms. The van der Waals surface area contributed by atoms with Crippen LogP contribution in [-0.4, -0.2) is 42.5 Å². The number of para-hydroxylation sites is 2. The Morgan fingerprint density at radius 2 is 2.00 bits per heavy atom. The van der Waals surface area contributed by atoms with Gasteiger partial charge in [-0.25, -0.2) is 4.98 Å². The Morgan fingerprint density at radius 1 is 1.21 bits per heavy atom. The molecule has 1 aliphatic rings. The predicted molar refractivity (Wildman–Crippen MR) is 126 cm³/mol. The van der Waals surface area contributed by atoms with Crippen molar-refractivity contribution in [2.75, 3.05) is 25.7 Å². The first kappa shape index (κ1) is 22.6. The molecule has 2 heterocycles. The number of ether oxygens (including phenoxy) is 2. The van der Waals surface area contributed by atoms with Crippen molar-refractivity contribution in [3.63, 3.8) is 0 Å². The topological polar surface area (TPSA) is 96.5 Å². The number of amides is 2. The van der Waals surface area contributed by atoms with Gasteiger partial charge in [-0.1, -0.05) is 26.0 Å². The second-order valence-electron chi connectivity index (χ2n) is 8.77. The maximum Gasteiger partial charge on any atom is 0.227 e. The van der Waals surface area contributed by atoms with Gasteiger partial charge in [-0.3, -0.25) is 9.59 Å². The summed E-state index contributed by atoms with van der Waals surface area (Å²) in [4.78, 5) is 35.7. The average molecular weight is 451 g/mol. The van der Waals surface area contributed by atoms with E-state index in [0.29, 0.717) is 29.6 Å². The van der Waals surface area contributed by atoms with Gasteiger partial charge in [0.15, 0.2) is 0 Å². The number of hydrogen-bond donors (Lipinski definition) is 2. The van der Waals surface area contributed by atoms with E-state index in [1.807, 2.05) is 24.3 Å². The summed E-state index contributed by atoms with van der Waals surface area (Å²) in [6, 6.07) is 12.8. The van der Waals surface area contributed by atoms with Gasteiger partial charge < -0.3 is 24.7 Å². The highest BCUT2D eigenvalue weighted by atomic mass is 16.5. The molecule has 0 radical (unpaired) electrons. The van der Waals surface area contributed by atoms with Gasteiger partial charge in [0.25, 0.3) is 0 Å². The zero-order valence-corrected chi connectivity index (χ0v) is 19.4. The van der Waals surface area contributed by atoms with Crippen LogP contribution in [-0.2, 0) is 9.59 Å². The van der Waals surface area contributed by atoms with Crippen LogP contribution in [0.4, 0.5) is 5.69 Å². The minimum Gasteiger partial charge on any atom is -0.497 e. The molecule has 2 amide bonds. The second kappa shape index (κ2) is 9.52. The van der Waals surface area contributed by atoms with E-state index < -0.39 is 5.92 Å². The fraction of sp³-hybridized carbons (Fsp3) is 0.400. The van der Waals surface area contributed by atoms with E-state index in [0.717, 1.165) is 23.3 Å². The van der Waals surface area contributed by atoms with Crippen LogP contribution in [0.3, 0.4) is 0 Å². The van der Waals surface area contributed by atoms with Crippen LogP contribution in [0.1, 0.15) is 38.6 Å². The molecule has 2 N–H and O–H groups in total. The van der Waals surface area contributed by atoms with E-state index in [4.69, 9.17) is 9.47 Å². The van der Waals surface area contributed by atoms with E-state index in [1.54, 1.807) is 37.3 Å². The minimum absolute atomic E-state index is 0.109. The van der Waals surface area contributed by atoms with Crippen LogP contribution in [0.25, 0.3) is 11.0 Å². The Balaban J connectivity index is 1.52. The van der Waals surface area contributed by atoms with Gasteiger partial charge in [0.1, 0.15) is 17.3 Å². The zero-order valence-electron chi connectivity index (χ0n) is 19.4. The maximum atomic E-state index is 13.2. The third-order valence-electron chi connectivity index (χ3n) is 5.93. The number of benzene rings is 2.